The lowest BCUT2D eigenvalue weighted by atomic mass is 10.0. The summed E-state index contributed by atoms with van der Waals surface area (Å²) in [7, 11) is 1.86. The first kappa shape index (κ1) is 15.5. The molecule has 0 radical (unpaired) electrons. The van der Waals surface area contributed by atoms with Gasteiger partial charge in [0.1, 0.15) is 0 Å². The van der Waals surface area contributed by atoms with Crippen molar-refractivity contribution in [2.45, 2.75) is 18.9 Å². The van der Waals surface area contributed by atoms with Crippen molar-refractivity contribution in [1.82, 2.24) is 10.2 Å². The van der Waals surface area contributed by atoms with Crippen LogP contribution in [0.15, 0.2) is 24.3 Å². The van der Waals surface area contributed by atoms with Crippen LogP contribution in [-0.2, 0) is 0 Å². The second-order valence-corrected chi connectivity index (χ2v) is 4.59. The predicted molar refractivity (Wildman–Crippen MR) is 76.4 cm³/mol. The molecule has 102 valence electrons. The summed E-state index contributed by atoms with van der Waals surface area (Å²) in [5.74, 6) is 0.0337. The van der Waals surface area contributed by atoms with Crippen LogP contribution in [0.25, 0.3) is 0 Å². The summed E-state index contributed by atoms with van der Waals surface area (Å²) in [6.07, 6.45) is 2.00. The highest BCUT2D eigenvalue weighted by Gasteiger charge is 2.22. The minimum Gasteiger partial charge on any atom is -0.339 e. The third-order valence-corrected chi connectivity index (χ3v) is 3.44. The molecule has 0 aliphatic carbocycles. The first-order chi connectivity index (χ1) is 8.72. The molecule has 0 spiro atoms. The van der Waals surface area contributed by atoms with E-state index in [1.165, 1.54) is 0 Å². The van der Waals surface area contributed by atoms with Crippen molar-refractivity contribution in [2.75, 3.05) is 20.1 Å². The minimum atomic E-state index is 0. The lowest BCUT2D eigenvalue weighted by Crippen LogP contribution is -2.43. The van der Waals surface area contributed by atoms with Crippen LogP contribution < -0.4 is 5.32 Å². The molecule has 1 aromatic rings. The highest BCUT2D eigenvalue weighted by Crippen LogP contribution is 2.14. The number of hydrogen-bond donors (Lipinski definition) is 1. The maximum absolute atomic E-state index is 12.3. The number of nitrogens with zero attached hydrogens (tertiary/aromatic N) is 2. The molecule has 0 bridgehead atoms. The normalized spacial score (nSPS) is 15.2. The molecule has 2 rings (SSSR count). The average Bonchev–Trinajstić information content (AvgIpc) is 2.47. The Hall–Kier alpha value is -1.57. The summed E-state index contributed by atoms with van der Waals surface area (Å²) in [6.45, 7) is 1.94. The van der Waals surface area contributed by atoms with E-state index in [2.05, 4.69) is 11.4 Å². The number of benzene rings is 1. The van der Waals surface area contributed by atoms with Crippen molar-refractivity contribution in [3.8, 4) is 6.07 Å². The predicted octanol–water partition coefficient (Wildman–Crippen LogP) is 1.80. The van der Waals surface area contributed by atoms with Gasteiger partial charge < -0.3 is 10.2 Å². The van der Waals surface area contributed by atoms with Gasteiger partial charge in [0, 0.05) is 18.7 Å². The monoisotopic (exact) mass is 279 g/mol. The maximum atomic E-state index is 12.3. The second kappa shape index (κ2) is 7.13. The van der Waals surface area contributed by atoms with Crippen molar-refractivity contribution in [3.05, 3.63) is 35.4 Å². The van der Waals surface area contributed by atoms with Crippen LogP contribution in [0.1, 0.15) is 28.8 Å². The number of rotatable bonds is 2. The van der Waals surface area contributed by atoms with E-state index in [0.29, 0.717) is 17.2 Å². The number of piperidine rings is 1. The molecule has 0 atom stereocenters. The molecular formula is C14H18ClN3O. The summed E-state index contributed by atoms with van der Waals surface area (Å²) in [6, 6.07) is 9.18. The fraction of sp³-hybridized carbons (Fsp3) is 0.429. The molecule has 19 heavy (non-hydrogen) atoms. The van der Waals surface area contributed by atoms with Crippen molar-refractivity contribution in [2.24, 2.45) is 0 Å². The molecule has 1 aliphatic rings. The van der Waals surface area contributed by atoms with Gasteiger partial charge in [0.15, 0.2) is 0 Å². The maximum Gasteiger partial charge on any atom is 0.253 e. The highest BCUT2D eigenvalue weighted by atomic mass is 35.5. The van der Waals surface area contributed by atoms with Crippen molar-refractivity contribution >= 4 is 18.3 Å². The Labute approximate surface area is 119 Å². The average molecular weight is 280 g/mol. The number of nitriles is 1. The Morgan fingerprint density at radius 3 is 2.42 bits per heavy atom. The van der Waals surface area contributed by atoms with Gasteiger partial charge in [-0.1, -0.05) is 0 Å². The van der Waals surface area contributed by atoms with Gasteiger partial charge in [-0.3, -0.25) is 4.79 Å². The molecule has 1 saturated heterocycles. The number of carbonyl (C=O) groups is 1. The van der Waals surface area contributed by atoms with E-state index in [1.54, 1.807) is 24.3 Å². The van der Waals surface area contributed by atoms with Gasteiger partial charge >= 0.3 is 0 Å². The van der Waals surface area contributed by atoms with Crippen LogP contribution in [-0.4, -0.2) is 37.0 Å². The van der Waals surface area contributed by atoms with Gasteiger partial charge in [0.2, 0.25) is 0 Å². The number of carbonyl (C=O) groups excluding carboxylic acids is 1. The van der Waals surface area contributed by atoms with Crippen molar-refractivity contribution in [1.29, 1.82) is 5.26 Å². The summed E-state index contributed by atoms with van der Waals surface area (Å²) in [5, 5.41) is 12.0. The van der Waals surface area contributed by atoms with Crippen LogP contribution in [0.5, 0.6) is 0 Å². The van der Waals surface area contributed by atoms with E-state index in [1.807, 2.05) is 11.9 Å². The van der Waals surface area contributed by atoms with Gasteiger partial charge in [0.25, 0.3) is 5.91 Å². The third kappa shape index (κ3) is 3.69. The molecule has 1 aromatic carbocycles. The zero-order valence-electron chi connectivity index (χ0n) is 10.9. The van der Waals surface area contributed by atoms with E-state index in [4.69, 9.17) is 5.26 Å². The van der Waals surface area contributed by atoms with E-state index >= 15 is 0 Å². The quantitative estimate of drug-likeness (QED) is 0.898. The third-order valence-electron chi connectivity index (χ3n) is 3.44. The van der Waals surface area contributed by atoms with Crippen LogP contribution in [0.2, 0.25) is 0 Å². The second-order valence-electron chi connectivity index (χ2n) is 4.59. The summed E-state index contributed by atoms with van der Waals surface area (Å²) in [5.41, 5.74) is 1.23. The molecule has 1 aliphatic heterocycles. The number of nitrogens with one attached hydrogen (secondary N) is 1. The molecule has 0 aromatic heterocycles. The van der Waals surface area contributed by atoms with Gasteiger partial charge in [0.05, 0.1) is 11.6 Å². The number of hydrogen-bond acceptors (Lipinski definition) is 3. The van der Waals surface area contributed by atoms with E-state index in [-0.39, 0.29) is 18.3 Å². The highest BCUT2D eigenvalue weighted by molar-refractivity contribution is 5.94. The Morgan fingerprint density at radius 1 is 1.32 bits per heavy atom. The first-order valence-corrected chi connectivity index (χ1v) is 6.20. The Morgan fingerprint density at radius 2 is 1.89 bits per heavy atom. The molecule has 1 N–H and O–H groups in total. The van der Waals surface area contributed by atoms with Crippen LogP contribution >= 0.6 is 12.4 Å². The Bertz CT molecular complexity index is 461. The molecule has 5 heteroatoms. The van der Waals surface area contributed by atoms with Crippen molar-refractivity contribution < 1.29 is 4.79 Å². The number of amides is 1. The molecule has 1 amide bonds. The van der Waals surface area contributed by atoms with Crippen LogP contribution in [0.3, 0.4) is 0 Å². The fourth-order valence-electron chi connectivity index (χ4n) is 2.25. The summed E-state index contributed by atoms with van der Waals surface area (Å²) in [4.78, 5) is 14.1. The summed E-state index contributed by atoms with van der Waals surface area (Å²) < 4.78 is 0. The van der Waals surface area contributed by atoms with E-state index in [0.717, 1.165) is 25.9 Å². The van der Waals surface area contributed by atoms with E-state index < -0.39 is 0 Å². The zero-order valence-corrected chi connectivity index (χ0v) is 11.7. The van der Waals surface area contributed by atoms with Gasteiger partial charge in [-0.25, -0.2) is 0 Å². The Balaban J connectivity index is 0.00000180. The standard InChI is InChI=1S/C14H17N3O.ClH/c1-17(13-6-8-16-9-7-13)14(18)12-4-2-11(10-15)3-5-12;/h2-5,13,16H,6-9H2,1H3;1H. The minimum absolute atomic E-state index is 0. The van der Waals surface area contributed by atoms with Gasteiger partial charge in [-0.15, -0.1) is 12.4 Å². The Kier molecular flexibility index (Phi) is 5.81. The first-order valence-electron chi connectivity index (χ1n) is 6.20. The molecule has 1 fully saturated rings. The van der Waals surface area contributed by atoms with Crippen LogP contribution in [0.4, 0.5) is 0 Å². The summed E-state index contributed by atoms with van der Waals surface area (Å²) >= 11 is 0. The lowest BCUT2D eigenvalue weighted by molar-refractivity contribution is 0.0703. The van der Waals surface area contributed by atoms with E-state index in [9.17, 15) is 4.79 Å². The SMILES string of the molecule is CN(C(=O)c1ccc(C#N)cc1)C1CCNCC1.Cl. The zero-order chi connectivity index (χ0) is 13.0. The lowest BCUT2D eigenvalue weighted by Gasteiger charge is -2.31. The molecular weight excluding hydrogens is 262 g/mol. The molecule has 0 saturated carbocycles. The van der Waals surface area contributed by atoms with Gasteiger partial charge in [-0.2, -0.15) is 5.26 Å². The largest absolute Gasteiger partial charge is 0.339 e. The molecule has 0 unspecified atom stereocenters. The smallest absolute Gasteiger partial charge is 0.253 e. The van der Waals surface area contributed by atoms with Crippen LogP contribution in [0, 0.1) is 11.3 Å². The topological polar surface area (TPSA) is 56.1 Å². The molecule has 4 nitrogen and oxygen atoms in total. The van der Waals surface area contributed by atoms with Crippen molar-refractivity contribution in [3.63, 3.8) is 0 Å². The van der Waals surface area contributed by atoms with Gasteiger partial charge in [-0.05, 0) is 50.2 Å². The molecule has 1 heterocycles. The number of halogens is 1. The fourth-order valence-corrected chi connectivity index (χ4v) is 2.25.